The van der Waals surface area contributed by atoms with Gasteiger partial charge >= 0.3 is 0 Å². The van der Waals surface area contributed by atoms with Gasteiger partial charge in [0, 0.05) is 5.41 Å². The highest BCUT2D eigenvalue weighted by molar-refractivity contribution is 5.21. The Balaban J connectivity index is 0. The van der Waals surface area contributed by atoms with Crippen molar-refractivity contribution in [2.45, 2.75) is 34.6 Å². The lowest BCUT2D eigenvalue weighted by molar-refractivity contribution is 0.622. The smallest absolute Gasteiger partial charge is 0.00132 e. The molecule has 0 aliphatic heterocycles. The number of hydrogen-bond donors (Lipinski definition) is 0. The van der Waals surface area contributed by atoms with Gasteiger partial charge in [-0.2, -0.15) is 0 Å². The maximum absolute atomic E-state index is 3.71. The van der Waals surface area contributed by atoms with Gasteiger partial charge in [-0.3, -0.25) is 0 Å². The molecule has 0 heteroatoms. The molecule has 0 unspecified atom stereocenters. The van der Waals surface area contributed by atoms with Gasteiger partial charge in [0.2, 0.25) is 0 Å². The van der Waals surface area contributed by atoms with Gasteiger partial charge in [-0.15, -0.1) is 0 Å². The van der Waals surface area contributed by atoms with Crippen LogP contribution in [-0.4, -0.2) is 0 Å². The third-order valence-corrected chi connectivity index (χ3v) is 1.58. The average Bonchev–Trinajstić information content (AvgIpc) is 2.17. The zero-order chi connectivity index (χ0) is 11.6. The van der Waals surface area contributed by atoms with Crippen molar-refractivity contribution in [2.24, 2.45) is 5.41 Å². The van der Waals surface area contributed by atoms with Crippen LogP contribution in [0.1, 0.15) is 34.6 Å². The minimum Gasteiger partial charge on any atom is -0.0991 e. The molecule has 0 saturated carbocycles. The van der Waals surface area contributed by atoms with Crippen LogP contribution in [0.25, 0.3) is 0 Å². The van der Waals surface area contributed by atoms with Crippen LogP contribution in [0.4, 0.5) is 0 Å². The largest absolute Gasteiger partial charge is 0.0991 e. The summed E-state index contributed by atoms with van der Waals surface area (Å²) in [6.07, 6.45) is 9.92. The van der Waals surface area contributed by atoms with Crippen molar-refractivity contribution >= 4 is 0 Å². The summed E-state index contributed by atoms with van der Waals surface area (Å²) in [5, 5.41) is 0. The van der Waals surface area contributed by atoms with E-state index in [4.69, 9.17) is 0 Å². The van der Waals surface area contributed by atoms with Crippen molar-refractivity contribution in [3.05, 3.63) is 49.1 Å². The summed E-state index contributed by atoms with van der Waals surface area (Å²) in [6, 6.07) is 0. The van der Waals surface area contributed by atoms with Crippen molar-refractivity contribution in [1.82, 2.24) is 0 Å². The molecule has 0 spiro atoms. The highest BCUT2D eigenvalue weighted by Crippen LogP contribution is 2.21. The first-order valence-electron chi connectivity index (χ1n) is 5.14. The molecule has 0 aliphatic carbocycles. The molecular weight excluding hydrogens is 168 g/mol. The highest BCUT2D eigenvalue weighted by Gasteiger charge is 2.08. The molecule has 0 saturated heterocycles. The first-order valence-corrected chi connectivity index (χ1v) is 5.14. The summed E-state index contributed by atoms with van der Waals surface area (Å²) in [6.45, 7) is 17.7. The minimum absolute atomic E-state index is 0.0897. The Kier molecular flexibility index (Phi) is 9.43. The molecule has 0 aromatic rings. The molecule has 0 atom stereocenters. The van der Waals surface area contributed by atoms with Crippen LogP contribution >= 0.6 is 0 Å². The topological polar surface area (TPSA) is 0 Å². The third-order valence-electron chi connectivity index (χ3n) is 1.58. The van der Waals surface area contributed by atoms with E-state index in [1.54, 1.807) is 6.08 Å². The zero-order valence-corrected chi connectivity index (χ0v) is 10.3. The molecule has 0 rings (SSSR count). The molecule has 0 aromatic heterocycles. The lowest BCUT2D eigenvalue weighted by Crippen LogP contribution is -2.02. The summed E-state index contributed by atoms with van der Waals surface area (Å²) >= 11 is 0. The normalized spacial score (nSPS) is 11.9. The fourth-order valence-electron chi connectivity index (χ4n) is 1.01. The van der Waals surface area contributed by atoms with Gasteiger partial charge in [0.15, 0.2) is 0 Å². The molecule has 0 aliphatic rings. The predicted octanol–water partition coefficient (Wildman–Crippen LogP) is 4.91. The molecule has 14 heavy (non-hydrogen) atoms. The fourth-order valence-corrected chi connectivity index (χ4v) is 1.01. The summed E-state index contributed by atoms with van der Waals surface area (Å²) in [4.78, 5) is 0. The van der Waals surface area contributed by atoms with Gasteiger partial charge in [-0.25, -0.2) is 0 Å². The Morgan fingerprint density at radius 2 is 1.64 bits per heavy atom. The second-order valence-corrected chi connectivity index (χ2v) is 3.51. The van der Waals surface area contributed by atoms with E-state index in [1.807, 2.05) is 26.0 Å². The number of allylic oxidation sites excluding steroid dienone is 6. The van der Waals surface area contributed by atoms with Crippen LogP contribution in [0.2, 0.25) is 0 Å². The number of rotatable bonds is 4. The van der Waals surface area contributed by atoms with Crippen LogP contribution in [0, 0.1) is 5.41 Å². The van der Waals surface area contributed by atoms with E-state index >= 15 is 0 Å². The van der Waals surface area contributed by atoms with Crippen molar-refractivity contribution in [1.29, 1.82) is 0 Å². The highest BCUT2D eigenvalue weighted by atomic mass is 14.1. The van der Waals surface area contributed by atoms with E-state index in [9.17, 15) is 0 Å². The van der Waals surface area contributed by atoms with Gasteiger partial charge in [0.05, 0.1) is 0 Å². The molecule has 0 aromatic carbocycles. The number of hydrogen-bond acceptors (Lipinski definition) is 0. The van der Waals surface area contributed by atoms with Crippen molar-refractivity contribution in [3.63, 3.8) is 0 Å². The van der Waals surface area contributed by atoms with Gasteiger partial charge in [-0.05, 0) is 6.92 Å². The van der Waals surface area contributed by atoms with Crippen LogP contribution in [-0.2, 0) is 0 Å². The molecule has 80 valence electrons. The van der Waals surface area contributed by atoms with E-state index < -0.39 is 0 Å². The molecule has 0 N–H and O–H groups in total. The van der Waals surface area contributed by atoms with E-state index in [-0.39, 0.29) is 5.41 Å². The van der Waals surface area contributed by atoms with Gasteiger partial charge in [0.25, 0.3) is 0 Å². The fraction of sp³-hybridized carbons (Fsp3) is 0.429. The van der Waals surface area contributed by atoms with Crippen LogP contribution < -0.4 is 0 Å². The molecule has 0 bridgehead atoms. The molecule has 0 amide bonds. The monoisotopic (exact) mass is 192 g/mol. The lowest BCUT2D eigenvalue weighted by Gasteiger charge is -2.15. The van der Waals surface area contributed by atoms with Gasteiger partial charge in [-0.1, -0.05) is 76.8 Å². The Morgan fingerprint density at radius 3 is 2.00 bits per heavy atom. The first-order chi connectivity index (χ1) is 6.52. The maximum atomic E-state index is 3.71. The van der Waals surface area contributed by atoms with Crippen molar-refractivity contribution in [2.75, 3.05) is 0 Å². The standard InChI is InChI=1S/C12H18.C2H6/c1-6-8-9-12(4,5)10-11(3)7-2;1-2/h6-10H,1-2H2,3-5H3;1-2H3/b9-8-,11-10-;. The SMILES string of the molecule is C=C/C=C\C(C)(C)/C=C(/C)C=C.CC. The van der Waals surface area contributed by atoms with E-state index in [0.717, 1.165) is 0 Å². The van der Waals surface area contributed by atoms with E-state index in [1.165, 1.54) is 5.57 Å². The Bertz CT molecular complexity index is 214. The van der Waals surface area contributed by atoms with Crippen LogP contribution in [0.3, 0.4) is 0 Å². The lowest BCUT2D eigenvalue weighted by atomic mass is 9.90. The first kappa shape index (κ1) is 15.4. The van der Waals surface area contributed by atoms with Crippen molar-refractivity contribution < 1.29 is 0 Å². The maximum Gasteiger partial charge on any atom is 0.00132 e. The van der Waals surface area contributed by atoms with Crippen LogP contribution in [0.5, 0.6) is 0 Å². The second kappa shape index (κ2) is 8.55. The molecule has 0 nitrogen and oxygen atoms in total. The Morgan fingerprint density at radius 1 is 1.14 bits per heavy atom. The molecule has 0 radical (unpaired) electrons. The van der Waals surface area contributed by atoms with Crippen molar-refractivity contribution in [3.8, 4) is 0 Å². The summed E-state index contributed by atoms with van der Waals surface area (Å²) in [5.74, 6) is 0. The van der Waals surface area contributed by atoms with Crippen LogP contribution in [0.15, 0.2) is 49.1 Å². The second-order valence-electron chi connectivity index (χ2n) is 3.51. The Labute approximate surface area is 89.7 Å². The quantitative estimate of drug-likeness (QED) is 0.555. The summed E-state index contributed by atoms with van der Waals surface area (Å²) in [7, 11) is 0. The van der Waals surface area contributed by atoms with E-state index in [2.05, 4.69) is 46.1 Å². The van der Waals surface area contributed by atoms with E-state index in [0.29, 0.717) is 0 Å². The summed E-state index contributed by atoms with van der Waals surface area (Å²) in [5.41, 5.74) is 1.29. The molecular formula is C14H24. The van der Waals surface area contributed by atoms with Gasteiger partial charge in [0.1, 0.15) is 0 Å². The minimum atomic E-state index is 0.0897. The Hall–Kier alpha value is -1.04. The summed E-state index contributed by atoms with van der Waals surface area (Å²) < 4.78 is 0. The average molecular weight is 192 g/mol. The zero-order valence-electron chi connectivity index (χ0n) is 10.3. The third kappa shape index (κ3) is 9.05. The van der Waals surface area contributed by atoms with Gasteiger partial charge < -0.3 is 0 Å². The molecule has 0 fully saturated rings. The molecule has 0 heterocycles. The predicted molar refractivity (Wildman–Crippen MR) is 68.4 cm³/mol.